The molecule has 1 aliphatic rings. The fourth-order valence-corrected chi connectivity index (χ4v) is 3.56. The summed E-state index contributed by atoms with van der Waals surface area (Å²) in [7, 11) is 1.71. The van der Waals surface area contributed by atoms with Crippen molar-refractivity contribution < 1.29 is 9.53 Å². The van der Waals surface area contributed by atoms with Crippen LogP contribution in [-0.4, -0.2) is 49.2 Å². The van der Waals surface area contributed by atoms with Gasteiger partial charge in [0, 0.05) is 44.4 Å². The number of aryl methyl sites for hydroxylation is 1. The Labute approximate surface area is 168 Å². The van der Waals surface area contributed by atoms with Gasteiger partial charge in [0.1, 0.15) is 11.6 Å². The Bertz CT molecular complexity index is 1120. The monoisotopic (exact) mass is 393 g/mol. The first-order chi connectivity index (χ1) is 14.0. The molecule has 3 aromatic heterocycles. The third-order valence-corrected chi connectivity index (χ3v) is 5.18. The minimum atomic E-state index is -0.0810. The van der Waals surface area contributed by atoms with Crippen LogP contribution >= 0.6 is 0 Å². The van der Waals surface area contributed by atoms with Gasteiger partial charge in [0.05, 0.1) is 18.1 Å². The Morgan fingerprint density at radius 1 is 1.24 bits per heavy atom. The number of hydrogen-bond donors (Lipinski definition) is 0. The molecule has 0 saturated carbocycles. The van der Waals surface area contributed by atoms with Crippen LogP contribution in [0.15, 0.2) is 54.2 Å². The van der Waals surface area contributed by atoms with Crippen LogP contribution in [-0.2, 0) is 11.8 Å². The number of amides is 1. The van der Waals surface area contributed by atoms with Gasteiger partial charge < -0.3 is 14.2 Å². The molecule has 1 atom stereocenters. The van der Waals surface area contributed by atoms with E-state index in [9.17, 15) is 9.59 Å². The first kappa shape index (κ1) is 18.9. The molecule has 8 nitrogen and oxygen atoms in total. The molecular weight excluding hydrogens is 370 g/mol. The van der Waals surface area contributed by atoms with Crippen LogP contribution in [0.3, 0.4) is 0 Å². The number of hydrogen-bond acceptors (Lipinski definition) is 5. The zero-order valence-corrected chi connectivity index (χ0v) is 16.3. The number of carbonyl (C=O) groups excluding carboxylic acids is 1. The predicted octanol–water partition coefficient (Wildman–Crippen LogP) is 2.04. The summed E-state index contributed by atoms with van der Waals surface area (Å²) in [5, 5.41) is 4.33. The van der Waals surface area contributed by atoms with Gasteiger partial charge in [-0.25, -0.2) is 9.50 Å². The molecule has 0 bridgehead atoms. The van der Waals surface area contributed by atoms with Gasteiger partial charge >= 0.3 is 0 Å². The van der Waals surface area contributed by atoms with Gasteiger partial charge in [-0.15, -0.1) is 0 Å². The number of pyridine rings is 1. The van der Waals surface area contributed by atoms with Crippen molar-refractivity contribution in [1.82, 2.24) is 24.1 Å². The Morgan fingerprint density at radius 3 is 2.90 bits per heavy atom. The highest BCUT2D eigenvalue weighted by Crippen LogP contribution is 2.26. The third kappa shape index (κ3) is 3.91. The largest absolute Gasteiger partial charge is 0.473 e. The van der Waals surface area contributed by atoms with Crippen LogP contribution in [0.5, 0.6) is 5.88 Å². The summed E-state index contributed by atoms with van der Waals surface area (Å²) < 4.78 is 9.52. The van der Waals surface area contributed by atoms with Crippen molar-refractivity contribution in [2.24, 2.45) is 7.05 Å². The molecule has 29 heavy (non-hydrogen) atoms. The van der Waals surface area contributed by atoms with Crippen LogP contribution < -0.4 is 10.3 Å². The molecule has 0 N–H and O–H groups in total. The second kappa shape index (κ2) is 7.90. The van der Waals surface area contributed by atoms with Crippen molar-refractivity contribution in [1.29, 1.82) is 0 Å². The summed E-state index contributed by atoms with van der Waals surface area (Å²) >= 11 is 0. The average molecular weight is 393 g/mol. The van der Waals surface area contributed by atoms with E-state index in [1.807, 2.05) is 12.3 Å². The number of fused-ring (bicyclic) bond motifs is 1. The highest BCUT2D eigenvalue weighted by atomic mass is 16.5. The van der Waals surface area contributed by atoms with Crippen LogP contribution in [0, 0.1) is 0 Å². The van der Waals surface area contributed by atoms with Gasteiger partial charge in [-0.3, -0.25) is 9.59 Å². The van der Waals surface area contributed by atoms with E-state index in [0.717, 1.165) is 30.3 Å². The van der Waals surface area contributed by atoms with E-state index < -0.39 is 0 Å². The molecule has 1 saturated heterocycles. The molecular formula is C21H23N5O3. The van der Waals surface area contributed by atoms with Gasteiger partial charge in [-0.1, -0.05) is 6.58 Å². The van der Waals surface area contributed by atoms with Gasteiger partial charge in [-0.2, -0.15) is 5.10 Å². The maximum absolute atomic E-state index is 11.9. The lowest BCUT2D eigenvalue weighted by Crippen LogP contribution is -2.30. The lowest BCUT2D eigenvalue weighted by Gasteiger charge is -2.19. The van der Waals surface area contributed by atoms with Crippen molar-refractivity contribution in [2.75, 3.05) is 13.1 Å². The zero-order chi connectivity index (χ0) is 20.4. The Balaban J connectivity index is 1.62. The summed E-state index contributed by atoms with van der Waals surface area (Å²) in [5.74, 6) is 0.459. The van der Waals surface area contributed by atoms with Crippen molar-refractivity contribution in [3.05, 3.63) is 59.8 Å². The minimum Gasteiger partial charge on any atom is -0.473 e. The molecule has 3 aromatic rings. The van der Waals surface area contributed by atoms with Gasteiger partial charge in [-0.05, 0) is 31.1 Å². The first-order valence-electron chi connectivity index (χ1n) is 9.64. The molecule has 4 rings (SSSR count). The molecule has 0 unspecified atom stereocenters. The zero-order valence-electron chi connectivity index (χ0n) is 16.3. The molecule has 4 heterocycles. The van der Waals surface area contributed by atoms with E-state index in [-0.39, 0.29) is 17.6 Å². The van der Waals surface area contributed by atoms with E-state index in [0.29, 0.717) is 24.7 Å². The smallest absolute Gasteiger partial charge is 0.250 e. The lowest BCUT2D eigenvalue weighted by atomic mass is 10.1. The standard InChI is InChI=1S/C21H23N5O3/c1-3-19(27)25-11-4-5-16(9-12-25)29-21-18-8-10-22-26(18)14-17(23-21)15-6-7-20(28)24(2)13-15/h3,6-8,10,13-14,16H,1,4-5,9,11-12H2,2H3/t16-/m0/s1. The number of carbonyl (C=O) groups is 1. The molecule has 150 valence electrons. The Morgan fingerprint density at radius 2 is 2.10 bits per heavy atom. The molecule has 1 fully saturated rings. The summed E-state index contributed by atoms with van der Waals surface area (Å²) in [5.41, 5.74) is 2.17. The number of likely N-dealkylation sites (tertiary alicyclic amines) is 1. The maximum atomic E-state index is 11.9. The van der Waals surface area contributed by atoms with Crippen molar-refractivity contribution in [3.8, 4) is 17.1 Å². The fraction of sp³-hybridized carbons (Fsp3) is 0.333. The predicted molar refractivity (Wildman–Crippen MR) is 109 cm³/mol. The normalized spacial score (nSPS) is 17.1. The fourth-order valence-electron chi connectivity index (χ4n) is 3.56. The van der Waals surface area contributed by atoms with Gasteiger partial charge in [0.2, 0.25) is 17.3 Å². The summed E-state index contributed by atoms with van der Waals surface area (Å²) in [4.78, 5) is 30.1. The molecule has 8 heteroatoms. The number of nitrogens with zero attached hydrogens (tertiary/aromatic N) is 5. The lowest BCUT2D eigenvalue weighted by molar-refractivity contribution is -0.126. The van der Waals surface area contributed by atoms with Crippen molar-refractivity contribution in [3.63, 3.8) is 0 Å². The molecule has 0 spiro atoms. The molecule has 0 radical (unpaired) electrons. The van der Waals surface area contributed by atoms with Crippen LogP contribution in [0.1, 0.15) is 19.3 Å². The highest BCUT2D eigenvalue weighted by molar-refractivity contribution is 5.87. The minimum absolute atomic E-state index is 0.0424. The van der Waals surface area contributed by atoms with Crippen LogP contribution in [0.25, 0.3) is 16.8 Å². The molecule has 1 amide bonds. The Kier molecular flexibility index (Phi) is 5.16. The van der Waals surface area contributed by atoms with Crippen LogP contribution in [0.2, 0.25) is 0 Å². The number of ether oxygens (including phenoxy) is 1. The topological polar surface area (TPSA) is 81.7 Å². The maximum Gasteiger partial charge on any atom is 0.250 e. The molecule has 1 aliphatic heterocycles. The van der Waals surface area contributed by atoms with E-state index in [4.69, 9.17) is 9.72 Å². The SMILES string of the molecule is C=CC(=O)N1CCC[C@H](Oc2nc(-c3ccc(=O)n(C)c3)cn3nccc23)CC1. The van der Waals surface area contributed by atoms with Gasteiger partial charge in [0.15, 0.2) is 0 Å². The number of rotatable bonds is 4. The van der Waals surface area contributed by atoms with Crippen molar-refractivity contribution >= 4 is 11.4 Å². The summed E-state index contributed by atoms with van der Waals surface area (Å²) in [6.45, 7) is 4.91. The van der Waals surface area contributed by atoms with Crippen LogP contribution in [0.4, 0.5) is 0 Å². The Hall–Kier alpha value is -3.42. The molecule has 0 aliphatic carbocycles. The first-order valence-corrected chi connectivity index (χ1v) is 9.64. The quantitative estimate of drug-likeness (QED) is 0.634. The van der Waals surface area contributed by atoms with E-state index in [1.165, 1.54) is 16.7 Å². The van der Waals surface area contributed by atoms with E-state index in [1.54, 1.807) is 34.9 Å². The third-order valence-electron chi connectivity index (χ3n) is 5.18. The second-order valence-corrected chi connectivity index (χ2v) is 7.16. The summed E-state index contributed by atoms with van der Waals surface area (Å²) in [6, 6.07) is 5.12. The van der Waals surface area contributed by atoms with E-state index in [2.05, 4.69) is 11.7 Å². The van der Waals surface area contributed by atoms with E-state index >= 15 is 0 Å². The number of aromatic nitrogens is 4. The average Bonchev–Trinajstić information content (AvgIpc) is 3.08. The highest BCUT2D eigenvalue weighted by Gasteiger charge is 2.22. The second-order valence-electron chi connectivity index (χ2n) is 7.16. The van der Waals surface area contributed by atoms with Crippen molar-refractivity contribution in [2.45, 2.75) is 25.4 Å². The summed E-state index contributed by atoms with van der Waals surface area (Å²) in [6.07, 6.45) is 9.01. The molecule has 0 aromatic carbocycles. The van der Waals surface area contributed by atoms with Gasteiger partial charge in [0.25, 0.3) is 0 Å².